The molecule has 4 heteroatoms. The third-order valence-electron chi connectivity index (χ3n) is 3.31. The summed E-state index contributed by atoms with van der Waals surface area (Å²) in [5.41, 5.74) is 0. The highest BCUT2D eigenvalue weighted by molar-refractivity contribution is 4.75. The van der Waals surface area contributed by atoms with Gasteiger partial charge >= 0.3 is 0 Å². The molecule has 0 aliphatic heterocycles. The van der Waals surface area contributed by atoms with Crippen LogP contribution in [0.3, 0.4) is 0 Å². The normalized spacial score (nSPS) is 27.0. The topological polar surface area (TPSA) is 39.7 Å². The molecule has 3 unspecified atom stereocenters. The molecule has 0 heterocycles. The molecule has 1 rings (SSSR count). The summed E-state index contributed by atoms with van der Waals surface area (Å²) in [5.74, 6) is 0. The van der Waals surface area contributed by atoms with E-state index in [0.29, 0.717) is 24.9 Å². The predicted octanol–water partition coefficient (Wildman–Crippen LogP) is 1.59. The van der Waals surface area contributed by atoms with Crippen LogP contribution in [0.15, 0.2) is 0 Å². The van der Waals surface area contributed by atoms with Crippen molar-refractivity contribution in [3.05, 3.63) is 0 Å². The van der Waals surface area contributed by atoms with E-state index >= 15 is 0 Å². The molecule has 0 aromatic carbocycles. The Morgan fingerprint density at radius 3 is 2.59 bits per heavy atom. The second-order valence-electron chi connectivity index (χ2n) is 4.69. The van der Waals surface area contributed by atoms with E-state index < -0.39 is 0 Å². The molecule has 1 fully saturated rings. The number of hydrogen-bond acceptors (Lipinski definition) is 4. The van der Waals surface area contributed by atoms with Gasteiger partial charge in [-0.15, -0.1) is 0 Å². The molecule has 0 aromatic rings. The van der Waals surface area contributed by atoms with Crippen molar-refractivity contribution in [2.24, 2.45) is 0 Å². The van der Waals surface area contributed by atoms with Gasteiger partial charge in [-0.25, -0.2) is 0 Å². The molecule has 0 amide bonds. The lowest BCUT2D eigenvalue weighted by Crippen LogP contribution is -2.39. The average Bonchev–Trinajstić information content (AvgIpc) is 2.37. The fourth-order valence-corrected chi connectivity index (χ4v) is 2.38. The van der Waals surface area contributed by atoms with Gasteiger partial charge < -0.3 is 19.5 Å². The zero-order chi connectivity index (χ0) is 12.5. The molecule has 17 heavy (non-hydrogen) atoms. The minimum absolute atomic E-state index is 0.299. The zero-order valence-corrected chi connectivity index (χ0v) is 11.4. The van der Waals surface area contributed by atoms with Gasteiger partial charge in [0.05, 0.1) is 31.5 Å². The maximum Gasteiger partial charge on any atom is 0.0645 e. The number of methoxy groups -OCH3 is 2. The molecular weight excluding hydrogens is 218 g/mol. The highest BCUT2D eigenvalue weighted by Gasteiger charge is 2.23. The molecular formula is C13H27NO3. The highest BCUT2D eigenvalue weighted by atomic mass is 16.5. The molecule has 0 spiro atoms. The summed E-state index contributed by atoms with van der Waals surface area (Å²) in [6.45, 7) is 4.48. The third-order valence-corrected chi connectivity index (χ3v) is 3.31. The second-order valence-corrected chi connectivity index (χ2v) is 4.69. The second kappa shape index (κ2) is 8.86. The molecule has 3 atom stereocenters. The molecule has 102 valence electrons. The quantitative estimate of drug-likeness (QED) is 0.705. The van der Waals surface area contributed by atoms with Crippen molar-refractivity contribution >= 4 is 0 Å². The highest BCUT2D eigenvalue weighted by Crippen LogP contribution is 2.23. The van der Waals surface area contributed by atoms with Crippen LogP contribution in [-0.4, -0.2) is 52.2 Å². The van der Waals surface area contributed by atoms with Crippen LogP contribution in [0, 0.1) is 0 Å². The largest absolute Gasteiger partial charge is 0.383 e. The summed E-state index contributed by atoms with van der Waals surface area (Å²) in [6.07, 6.45) is 5.30. The molecule has 4 nitrogen and oxygen atoms in total. The maximum absolute atomic E-state index is 5.96. The van der Waals surface area contributed by atoms with Crippen molar-refractivity contribution in [2.75, 3.05) is 34.0 Å². The average molecular weight is 245 g/mol. The number of likely N-dealkylation sites (N-methyl/N-ethyl adjacent to an activating group) is 1. The fraction of sp³-hybridized carbons (Fsp3) is 1.00. The predicted molar refractivity (Wildman–Crippen MR) is 68.3 cm³/mol. The van der Waals surface area contributed by atoms with Gasteiger partial charge in [-0.3, -0.25) is 0 Å². The van der Waals surface area contributed by atoms with Crippen molar-refractivity contribution in [1.29, 1.82) is 0 Å². The fourth-order valence-electron chi connectivity index (χ4n) is 2.38. The van der Waals surface area contributed by atoms with E-state index in [2.05, 4.69) is 12.2 Å². The monoisotopic (exact) mass is 245 g/mol. The summed E-state index contributed by atoms with van der Waals surface area (Å²) in [7, 11) is 3.52. The van der Waals surface area contributed by atoms with Crippen LogP contribution in [0.5, 0.6) is 0 Å². The summed E-state index contributed by atoms with van der Waals surface area (Å²) in [5, 5.41) is 3.37. The van der Waals surface area contributed by atoms with Gasteiger partial charge in [0.2, 0.25) is 0 Å². The molecule has 1 saturated carbocycles. The van der Waals surface area contributed by atoms with Crippen LogP contribution in [0.1, 0.15) is 32.6 Å². The molecule has 1 aliphatic rings. The lowest BCUT2D eigenvalue weighted by Gasteiger charge is -2.29. The van der Waals surface area contributed by atoms with E-state index in [1.807, 2.05) is 0 Å². The summed E-state index contributed by atoms with van der Waals surface area (Å²) in [6, 6.07) is 0.299. The first-order valence-corrected chi connectivity index (χ1v) is 6.66. The lowest BCUT2D eigenvalue weighted by molar-refractivity contribution is -0.0405. The zero-order valence-electron chi connectivity index (χ0n) is 11.4. The number of nitrogens with one attached hydrogen (secondary N) is 1. The van der Waals surface area contributed by atoms with Gasteiger partial charge in [0, 0.05) is 14.2 Å². The smallest absolute Gasteiger partial charge is 0.0645 e. The SMILES string of the molecule is CCNC(COC)COC1CCCC(OC)C1. The Balaban J connectivity index is 2.22. The van der Waals surface area contributed by atoms with Crippen molar-refractivity contribution in [2.45, 2.75) is 50.9 Å². The minimum atomic E-state index is 0.299. The van der Waals surface area contributed by atoms with E-state index in [0.717, 1.165) is 26.0 Å². The Kier molecular flexibility index (Phi) is 7.77. The van der Waals surface area contributed by atoms with E-state index in [1.54, 1.807) is 14.2 Å². The van der Waals surface area contributed by atoms with Crippen LogP contribution in [0.2, 0.25) is 0 Å². The van der Waals surface area contributed by atoms with Gasteiger partial charge in [-0.1, -0.05) is 6.92 Å². The first-order chi connectivity index (χ1) is 8.30. The molecule has 1 aliphatic carbocycles. The number of rotatable bonds is 8. The summed E-state index contributed by atoms with van der Waals surface area (Å²) < 4.78 is 16.5. The first-order valence-electron chi connectivity index (χ1n) is 6.66. The van der Waals surface area contributed by atoms with Crippen LogP contribution in [0.4, 0.5) is 0 Å². The Morgan fingerprint density at radius 1 is 1.18 bits per heavy atom. The Morgan fingerprint density at radius 2 is 1.94 bits per heavy atom. The molecule has 0 aromatic heterocycles. The Labute approximate surface area is 105 Å². The minimum Gasteiger partial charge on any atom is -0.383 e. The van der Waals surface area contributed by atoms with Crippen molar-refractivity contribution < 1.29 is 14.2 Å². The van der Waals surface area contributed by atoms with Crippen LogP contribution >= 0.6 is 0 Å². The Bertz CT molecular complexity index is 184. The lowest BCUT2D eigenvalue weighted by atomic mass is 9.95. The Hall–Kier alpha value is -0.160. The summed E-state index contributed by atoms with van der Waals surface area (Å²) in [4.78, 5) is 0. The van der Waals surface area contributed by atoms with Crippen molar-refractivity contribution in [1.82, 2.24) is 5.32 Å². The maximum atomic E-state index is 5.96. The van der Waals surface area contributed by atoms with E-state index in [1.165, 1.54) is 12.8 Å². The van der Waals surface area contributed by atoms with Gasteiger partial charge in [0.1, 0.15) is 0 Å². The van der Waals surface area contributed by atoms with Crippen molar-refractivity contribution in [3.8, 4) is 0 Å². The number of ether oxygens (including phenoxy) is 3. The van der Waals surface area contributed by atoms with Gasteiger partial charge in [-0.05, 0) is 32.2 Å². The van der Waals surface area contributed by atoms with Crippen molar-refractivity contribution in [3.63, 3.8) is 0 Å². The summed E-state index contributed by atoms with van der Waals surface area (Å²) >= 11 is 0. The van der Waals surface area contributed by atoms with Crippen LogP contribution in [-0.2, 0) is 14.2 Å². The molecule has 1 N–H and O–H groups in total. The van der Waals surface area contributed by atoms with E-state index in [-0.39, 0.29) is 0 Å². The van der Waals surface area contributed by atoms with Crippen LogP contribution < -0.4 is 5.32 Å². The van der Waals surface area contributed by atoms with Crippen LogP contribution in [0.25, 0.3) is 0 Å². The molecule has 0 saturated heterocycles. The molecule has 0 bridgehead atoms. The van der Waals surface area contributed by atoms with Gasteiger partial charge in [-0.2, -0.15) is 0 Å². The third kappa shape index (κ3) is 5.82. The van der Waals surface area contributed by atoms with E-state index in [9.17, 15) is 0 Å². The van der Waals surface area contributed by atoms with E-state index in [4.69, 9.17) is 14.2 Å². The van der Waals surface area contributed by atoms with Gasteiger partial charge in [0.25, 0.3) is 0 Å². The molecule has 0 radical (unpaired) electrons. The first kappa shape index (κ1) is 14.9. The standard InChI is InChI=1S/C13H27NO3/c1-4-14-11(9-15-2)10-17-13-7-5-6-12(8-13)16-3/h11-14H,4-10H2,1-3H3. The number of hydrogen-bond donors (Lipinski definition) is 1. The van der Waals surface area contributed by atoms with Gasteiger partial charge in [0.15, 0.2) is 0 Å².